The summed E-state index contributed by atoms with van der Waals surface area (Å²) < 4.78 is 24.8. The van der Waals surface area contributed by atoms with Crippen molar-refractivity contribution in [2.75, 3.05) is 13.6 Å². The lowest BCUT2D eigenvalue weighted by Gasteiger charge is -2.14. The second kappa shape index (κ2) is 4.67. The molecule has 80 valence electrons. The molecular weight excluding hydrogens is 234 g/mol. The van der Waals surface area contributed by atoms with E-state index in [1.807, 2.05) is 0 Å². The molecule has 0 aliphatic rings. The SMILES string of the molecule is C#CCN(C)S(=O)(=O)c1cccc(Cl)c1. The van der Waals surface area contributed by atoms with Crippen molar-refractivity contribution in [2.24, 2.45) is 0 Å². The molecular formula is C10H10ClNO2S. The van der Waals surface area contributed by atoms with Crippen LogP contribution in [0, 0.1) is 12.3 Å². The quantitative estimate of drug-likeness (QED) is 0.757. The Morgan fingerprint density at radius 2 is 2.20 bits per heavy atom. The summed E-state index contributed by atoms with van der Waals surface area (Å²) >= 11 is 5.71. The minimum Gasteiger partial charge on any atom is -0.207 e. The maximum atomic E-state index is 11.8. The Morgan fingerprint density at radius 3 is 2.73 bits per heavy atom. The van der Waals surface area contributed by atoms with Gasteiger partial charge in [0.05, 0.1) is 11.4 Å². The van der Waals surface area contributed by atoms with E-state index in [2.05, 4.69) is 5.92 Å². The van der Waals surface area contributed by atoms with Gasteiger partial charge in [-0.15, -0.1) is 6.42 Å². The largest absolute Gasteiger partial charge is 0.243 e. The van der Waals surface area contributed by atoms with Crippen LogP contribution in [0.1, 0.15) is 0 Å². The molecule has 0 unspecified atom stereocenters. The molecule has 0 atom stereocenters. The Morgan fingerprint density at radius 1 is 1.53 bits per heavy atom. The summed E-state index contributed by atoms with van der Waals surface area (Å²) in [6.45, 7) is 0.0366. The van der Waals surface area contributed by atoms with Crippen LogP contribution in [0.5, 0.6) is 0 Å². The maximum Gasteiger partial charge on any atom is 0.243 e. The smallest absolute Gasteiger partial charge is 0.207 e. The first-order valence-corrected chi connectivity index (χ1v) is 5.95. The first-order chi connectivity index (χ1) is 6.98. The van der Waals surface area contributed by atoms with E-state index in [-0.39, 0.29) is 11.4 Å². The average Bonchev–Trinajstić information content (AvgIpc) is 2.18. The van der Waals surface area contributed by atoms with Crippen molar-refractivity contribution in [1.82, 2.24) is 4.31 Å². The van der Waals surface area contributed by atoms with E-state index in [9.17, 15) is 8.42 Å². The molecule has 1 aromatic rings. The van der Waals surface area contributed by atoms with Gasteiger partial charge < -0.3 is 0 Å². The van der Waals surface area contributed by atoms with Crippen LogP contribution in [0.3, 0.4) is 0 Å². The maximum absolute atomic E-state index is 11.8. The Labute approximate surface area is 94.7 Å². The van der Waals surface area contributed by atoms with Crippen molar-refractivity contribution in [3.63, 3.8) is 0 Å². The molecule has 0 saturated carbocycles. The van der Waals surface area contributed by atoms with Crippen LogP contribution >= 0.6 is 11.6 Å². The number of terminal acetylenes is 1. The minimum atomic E-state index is -3.52. The molecule has 0 aliphatic heterocycles. The Bertz CT molecular complexity index is 490. The molecule has 1 rings (SSSR count). The summed E-state index contributed by atoms with van der Waals surface area (Å²) in [7, 11) is -2.09. The summed E-state index contributed by atoms with van der Waals surface area (Å²) in [6.07, 6.45) is 5.05. The molecule has 15 heavy (non-hydrogen) atoms. The minimum absolute atomic E-state index is 0.0366. The second-order valence-electron chi connectivity index (χ2n) is 2.92. The van der Waals surface area contributed by atoms with E-state index in [1.165, 1.54) is 19.2 Å². The molecule has 0 aromatic heterocycles. The van der Waals surface area contributed by atoms with Gasteiger partial charge in [-0.3, -0.25) is 0 Å². The monoisotopic (exact) mass is 243 g/mol. The molecule has 0 fully saturated rings. The molecule has 0 bridgehead atoms. The van der Waals surface area contributed by atoms with Crippen molar-refractivity contribution >= 4 is 21.6 Å². The third-order valence-electron chi connectivity index (χ3n) is 1.82. The van der Waals surface area contributed by atoms with E-state index in [0.29, 0.717) is 5.02 Å². The van der Waals surface area contributed by atoms with Gasteiger partial charge in [0.2, 0.25) is 10.0 Å². The molecule has 0 spiro atoms. The molecule has 3 nitrogen and oxygen atoms in total. The van der Waals surface area contributed by atoms with Gasteiger partial charge in [0.15, 0.2) is 0 Å². The van der Waals surface area contributed by atoms with Gasteiger partial charge in [-0.05, 0) is 18.2 Å². The van der Waals surface area contributed by atoms with Crippen molar-refractivity contribution in [3.8, 4) is 12.3 Å². The Hall–Kier alpha value is -1.02. The lowest BCUT2D eigenvalue weighted by atomic mass is 10.4. The van der Waals surface area contributed by atoms with Gasteiger partial charge in [0, 0.05) is 12.1 Å². The predicted molar refractivity (Wildman–Crippen MR) is 60.1 cm³/mol. The number of nitrogens with zero attached hydrogens (tertiary/aromatic N) is 1. The van der Waals surface area contributed by atoms with Crippen LogP contribution in [0.4, 0.5) is 0 Å². The van der Waals surface area contributed by atoms with Gasteiger partial charge in [-0.2, -0.15) is 4.31 Å². The highest BCUT2D eigenvalue weighted by Crippen LogP contribution is 2.18. The van der Waals surface area contributed by atoms with Gasteiger partial charge in [-0.1, -0.05) is 23.6 Å². The fourth-order valence-electron chi connectivity index (χ4n) is 1.02. The number of benzene rings is 1. The van der Waals surface area contributed by atoms with Crippen LogP contribution in [0.2, 0.25) is 5.02 Å². The first-order valence-electron chi connectivity index (χ1n) is 4.14. The number of halogens is 1. The Balaban J connectivity index is 3.13. The van der Waals surface area contributed by atoms with E-state index in [4.69, 9.17) is 18.0 Å². The van der Waals surface area contributed by atoms with Gasteiger partial charge in [-0.25, -0.2) is 8.42 Å². The van der Waals surface area contributed by atoms with Crippen molar-refractivity contribution in [3.05, 3.63) is 29.3 Å². The van der Waals surface area contributed by atoms with E-state index in [1.54, 1.807) is 12.1 Å². The normalized spacial score (nSPS) is 11.3. The fraction of sp³-hybridized carbons (Fsp3) is 0.200. The van der Waals surface area contributed by atoms with Crippen molar-refractivity contribution in [1.29, 1.82) is 0 Å². The lowest BCUT2D eigenvalue weighted by Crippen LogP contribution is -2.27. The highest BCUT2D eigenvalue weighted by atomic mass is 35.5. The third-order valence-corrected chi connectivity index (χ3v) is 3.85. The highest BCUT2D eigenvalue weighted by Gasteiger charge is 2.19. The molecule has 1 aromatic carbocycles. The van der Waals surface area contributed by atoms with Crippen LogP contribution < -0.4 is 0 Å². The fourth-order valence-corrected chi connectivity index (χ4v) is 2.41. The Kier molecular flexibility index (Phi) is 3.75. The summed E-state index contributed by atoms with van der Waals surface area (Å²) in [5.41, 5.74) is 0. The van der Waals surface area contributed by atoms with Crippen molar-refractivity contribution in [2.45, 2.75) is 4.90 Å². The summed E-state index contributed by atoms with van der Waals surface area (Å²) in [4.78, 5) is 0.146. The number of rotatable bonds is 3. The third kappa shape index (κ3) is 2.72. The zero-order chi connectivity index (χ0) is 11.5. The second-order valence-corrected chi connectivity index (χ2v) is 5.40. The summed E-state index contributed by atoms with van der Waals surface area (Å²) in [6, 6.07) is 6.07. The number of sulfonamides is 1. The van der Waals surface area contributed by atoms with E-state index < -0.39 is 10.0 Å². The van der Waals surface area contributed by atoms with E-state index in [0.717, 1.165) is 4.31 Å². The summed E-state index contributed by atoms with van der Waals surface area (Å²) in [5, 5.41) is 0.380. The van der Waals surface area contributed by atoms with Gasteiger partial charge in [0.25, 0.3) is 0 Å². The van der Waals surface area contributed by atoms with Gasteiger partial charge >= 0.3 is 0 Å². The first kappa shape index (κ1) is 12.1. The molecule has 0 saturated heterocycles. The average molecular weight is 244 g/mol. The molecule has 0 N–H and O–H groups in total. The molecule has 0 aliphatic carbocycles. The van der Waals surface area contributed by atoms with Gasteiger partial charge in [0.1, 0.15) is 0 Å². The topological polar surface area (TPSA) is 37.4 Å². The van der Waals surface area contributed by atoms with Crippen LogP contribution in [-0.4, -0.2) is 26.3 Å². The van der Waals surface area contributed by atoms with Crippen LogP contribution in [-0.2, 0) is 10.0 Å². The molecule has 0 heterocycles. The standard InChI is InChI=1S/C10H10ClNO2S/c1-3-7-12(2)15(13,14)10-6-4-5-9(11)8-10/h1,4-6,8H,7H2,2H3. The lowest BCUT2D eigenvalue weighted by molar-refractivity contribution is 0.503. The molecule has 0 amide bonds. The van der Waals surface area contributed by atoms with Crippen LogP contribution in [0.15, 0.2) is 29.2 Å². The number of hydrogen-bond acceptors (Lipinski definition) is 2. The predicted octanol–water partition coefficient (Wildman–Crippen LogP) is 1.59. The van der Waals surface area contributed by atoms with E-state index >= 15 is 0 Å². The van der Waals surface area contributed by atoms with Crippen molar-refractivity contribution < 1.29 is 8.42 Å². The zero-order valence-corrected chi connectivity index (χ0v) is 9.72. The number of hydrogen-bond donors (Lipinski definition) is 0. The zero-order valence-electron chi connectivity index (χ0n) is 8.14. The molecule has 0 radical (unpaired) electrons. The highest BCUT2D eigenvalue weighted by molar-refractivity contribution is 7.89. The summed E-state index contributed by atoms with van der Waals surface area (Å²) in [5.74, 6) is 2.27. The van der Waals surface area contributed by atoms with Crippen LogP contribution in [0.25, 0.3) is 0 Å². The molecule has 5 heteroatoms.